The number of hydrogen-bond donors (Lipinski definition) is 0. The summed E-state index contributed by atoms with van der Waals surface area (Å²) in [7, 11) is 0. The molecule has 1 heterocycles. The third-order valence-corrected chi connectivity index (χ3v) is 4.01. The average Bonchev–Trinajstić information content (AvgIpc) is 2.74. The molecule has 0 fully saturated rings. The maximum atomic E-state index is 2.40. The molecule has 0 aromatic carbocycles. The van der Waals surface area contributed by atoms with Crippen LogP contribution in [0.15, 0.2) is 12.4 Å². The molecule has 0 saturated carbocycles. The molecule has 19 heavy (non-hydrogen) atoms. The van der Waals surface area contributed by atoms with Crippen molar-refractivity contribution in [3.05, 3.63) is 18.2 Å². The molecule has 0 saturated heterocycles. The van der Waals surface area contributed by atoms with Crippen molar-refractivity contribution in [2.45, 2.75) is 91.6 Å². The van der Waals surface area contributed by atoms with Crippen LogP contribution >= 0.6 is 0 Å². The summed E-state index contributed by atoms with van der Waals surface area (Å²) in [5.74, 6) is 1.39. The summed E-state index contributed by atoms with van der Waals surface area (Å²) in [6, 6.07) is 0.569. The minimum atomic E-state index is 0.569. The number of hydrogen-bond acceptors (Lipinski definition) is 0. The van der Waals surface area contributed by atoms with E-state index >= 15 is 0 Å². The maximum absolute atomic E-state index is 2.40. The highest BCUT2D eigenvalue weighted by molar-refractivity contribution is 4.82. The van der Waals surface area contributed by atoms with Crippen molar-refractivity contribution in [2.24, 2.45) is 0 Å². The van der Waals surface area contributed by atoms with Gasteiger partial charge in [-0.1, -0.05) is 45.4 Å². The molecular formula is C17H33N2+. The second-order valence-electron chi connectivity index (χ2n) is 6.01. The van der Waals surface area contributed by atoms with Crippen molar-refractivity contribution in [2.75, 3.05) is 0 Å². The van der Waals surface area contributed by atoms with Gasteiger partial charge in [0, 0.05) is 6.92 Å². The summed E-state index contributed by atoms with van der Waals surface area (Å²) in [6.45, 7) is 10.2. The van der Waals surface area contributed by atoms with Crippen molar-refractivity contribution >= 4 is 0 Å². The average molecular weight is 265 g/mol. The third-order valence-electron chi connectivity index (χ3n) is 4.01. The lowest BCUT2D eigenvalue weighted by atomic mass is 10.1. The molecule has 1 aromatic rings. The highest BCUT2D eigenvalue weighted by Crippen LogP contribution is 2.09. The molecular weight excluding hydrogens is 232 g/mol. The fourth-order valence-electron chi connectivity index (χ4n) is 2.71. The Morgan fingerprint density at radius 3 is 2.11 bits per heavy atom. The molecule has 0 unspecified atom stereocenters. The Bertz CT molecular complexity index is 339. The molecule has 2 heteroatoms. The molecule has 0 bridgehead atoms. The molecule has 0 atom stereocenters. The van der Waals surface area contributed by atoms with Crippen molar-refractivity contribution in [1.29, 1.82) is 0 Å². The van der Waals surface area contributed by atoms with E-state index in [2.05, 4.69) is 49.2 Å². The monoisotopic (exact) mass is 265 g/mol. The maximum Gasteiger partial charge on any atom is 0.253 e. The Labute approximate surface area is 119 Å². The largest absolute Gasteiger partial charge is 0.253 e. The van der Waals surface area contributed by atoms with Crippen LogP contribution < -0.4 is 4.57 Å². The zero-order valence-electron chi connectivity index (χ0n) is 13.5. The molecule has 1 rings (SSSR count). The third kappa shape index (κ3) is 5.80. The number of rotatable bonds is 10. The van der Waals surface area contributed by atoms with Gasteiger partial charge in [-0.05, 0) is 26.7 Å². The lowest BCUT2D eigenvalue weighted by molar-refractivity contribution is -0.703. The van der Waals surface area contributed by atoms with Crippen molar-refractivity contribution in [3.63, 3.8) is 0 Å². The molecule has 0 N–H and O–H groups in total. The van der Waals surface area contributed by atoms with Gasteiger partial charge in [0.05, 0.1) is 12.6 Å². The highest BCUT2D eigenvalue weighted by Gasteiger charge is 2.13. The topological polar surface area (TPSA) is 8.81 Å². The van der Waals surface area contributed by atoms with Crippen LogP contribution in [-0.2, 0) is 6.54 Å². The quantitative estimate of drug-likeness (QED) is 0.424. The van der Waals surface area contributed by atoms with Gasteiger partial charge in [-0.3, -0.25) is 0 Å². The minimum absolute atomic E-state index is 0.569. The number of nitrogens with zero attached hydrogens (tertiary/aromatic N) is 2. The van der Waals surface area contributed by atoms with Gasteiger partial charge in [-0.2, -0.15) is 0 Å². The van der Waals surface area contributed by atoms with Crippen LogP contribution in [0, 0.1) is 6.92 Å². The predicted molar refractivity (Wildman–Crippen MR) is 82.4 cm³/mol. The zero-order valence-corrected chi connectivity index (χ0v) is 13.5. The van der Waals surface area contributed by atoms with Gasteiger partial charge in [-0.15, -0.1) is 0 Å². The molecule has 110 valence electrons. The number of unbranched alkanes of at least 4 members (excludes halogenated alkanes) is 7. The summed E-state index contributed by atoms with van der Waals surface area (Å²) in [6.07, 6.45) is 15.6. The fraction of sp³-hybridized carbons (Fsp3) is 0.824. The molecule has 2 nitrogen and oxygen atoms in total. The van der Waals surface area contributed by atoms with Crippen LogP contribution in [0.2, 0.25) is 0 Å². The SMILES string of the molecule is CCCCCCCCCC[n+]1ccn(C(C)C)c1C. The molecule has 0 spiro atoms. The number of aryl methyl sites for hydroxylation is 1. The van der Waals surface area contributed by atoms with E-state index in [1.54, 1.807) is 0 Å². The van der Waals surface area contributed by atoms with Gasteiger partial charge in [0.2, 0.25) is 0 Å². The van der Waals surface area contributed by atoms with Crippen LogP contribution in [0.1, 0.15) is 84.0 Å². The predicted octanol–water partition coefficient (Wildman–Crippen LogP) is 4.81. The first-order chi connectivity index (χ1) is 9.16. The van der Waals surface area contributed by atoms with Gasteiger partial charge in [0.25, 0.3) is 5.82 Å². The normalized spacial score (nSPS) is 11.4. The van der Waals surface area contributed by atoms with E-state index in [1.807, 2.05) is 0 Å². The Morgan fingerprint density at radius 1 is 1.00 bits per heavy atom. The van der Waals surface area contributed by atoms with Crippen LogP contribution in [0.3, 0.4) is 0 Å². The Balaban J connectivity index is 2.13. The Morgan fingerprint density at radius 2 is 1.58 bits per heavy atom. The van der Waals surface area contributed by atoms with Gasteiger partial charge >= 0.3 is 0 Å². The molecule has 0 aliphatic rings. The van der Waals surface area contributed by atoms with E-state index < -0.39 is 0 Å². The zero-order chi connectivity index (χ0) is 14.1. The summed E-state index contributed by atoms with van der Waals surface area (Å²) in [4.78, 5) is 0. The van der Waals surface area contributed by atoms with E-state index in [1.165, 1.54) is 63.7 Å². The molecule has 0 aliphatic heterocycles. The lowest BCUT2D eigenvalue weighted by Crippen LogP contribution is -2.35. The molecule has 0 amide bonds. The lowest BCUT2D eigenvalue weighted by Gasteiger charge is -2.04. The second kappa shape index (κ2) is 9.17. The van der Waals surface area contributed by atoms with E-state index in [-0.39, 0.29) is 0 Å². The first kappa shape index (κ1) is 16.3. The van der Waals surface area contributed by atoms with Gasteiger partial charge in [0.15, 0.2) is 0 Å². The summed E-state index contributed by atoms with van der Waals surface area (Å²) < 4.78 is 4.75. The van der Waals surface area contributed by atoms with E-state index in [9.17, 15) is 0 Å². The standard InChI is InChI=1S/C17H33N2/c1-5-6-7-8-9-10-11-12-13-18-14-15-19(16(2)3)17(18)4/h14-16H,5-13H2,1-4H3/q+1. The fourth-order valence-corrected chi connectivity index (χ4v) is 2.71. The van der Waals surface area contributed by atoms with Gasteiger partial charge in [0.1, 0.15) is 12.4 Å². The van der Waals surface area contributed by atoms with Crippen LogP contribution in [0.5, 0.6) is 0 Å². The van der Waals surface area contributed by atoms with Crippen LogP contribution in [0.4, 0.5) is 0 Å². The minimum Gasteiger partial charge on any atom is -0.234 e. The first-order valence-corrected chi connectivity index (χ1v) is 8.23. The molecule has 0 radical (unpaired) electrons. The van der Waals surface area contributed by atoms with E-state index in [4.69, 9.17) is 0 Å². The number of aromatic nitrogens is 2. The van der Waals surface area contributed by atoms with Gasteiger partial charge in [-0.25, -0.2) is 9.13 Å². The molecule has 0 aliphatic carbocycles. The first-order valence-electron chi connectivity index (χ1n) is 8.23. The summed E-state index contributed by atoms with van der Waals surface area (Å²) in [5.41, 5.74) is 0. The number of imidazole rings is 1. The smallest absolute Gasteiger partial charge is 0.234 e. The molecule has 1 aromatic heterocycles. The van der Waals surface area contributed by atoms with Crippen molar-refractivity contribution in [3.8, 4) is 0 Å². The summed E-state index contributed by atoms with van der Waals surface area (Å²) in [5, 5.41) is 0. The Hall–Kier alpha value is -0.790. The summed E-state index contributed by atoms with van der Waals surface area (Å²) >= 11 is 0. The second-order valence-corrected chi connectivity index (χ2v) is 6.01. The van der Waals surface area contributed by atoms with E-state index in [0.717, 1.165) is 0 Å². The van der Waals surface area contributed by atoms with Gasteiger partial charge < -0.3 is 0 Å². The van der Waals surface area contributed by atoms with Crippen molar-refractivity contribution in [1.82, 2.24) is 4.57 Å². The van der Waals surface area contributed by atoms with E-state index in [0.29, 0.717) is 6.04 Å². The Kier molecular flexibility index (Phi) is 7.85. The van der Waals surface area contributed by atoms with Crippen LogP contribution in [0.25, 0.3) is 0 Å². The van der Waals surface area contributed by atoms with Crippen molar-refractivity contribution < 1.29 is 4.57 Å². The highest BCUT2D eigenvalue weighted by atomic mass is 15.2. The van der Waals surface area contributed by atoms with Crippen LogP contribution in [-0.4, -0.2) is 4.57 Å².